The summed E-state index contributed by atoms with van der Waals surface area (Å²) >= 11 is 1.56. The fraction of sp³-hybridized carbons (Fsp3) is 0.429. The van der Waals surface area contributed by atoms with E-state index in [1.54, 1.807) is 11.8 Å². The summed E-state index contributed by atoms with van der Waals surface area (Å²) in [7, 11) is 0. The van der Waals surface area contributed by atoms with Gasteiger partial charge in [0.2, 0.25) is 0 Å². The summed E-state index contributed by atoms with van der Waals surface area (Å²) in [6.07, 6.45) is 0.437. The molecule has 1 unspecified atom stereocenters. The van der Waals surface area contributed by atoms with Crippen LogP contribution < -0.4 is 0 Å². The Hall–Kier alpha value is -1.89. The van der Waals surface area contributed by atoms with E-state index in [1.807, 2.05) is 37.3 Å². The number of benzene rings is 1. The summed E-state index contributed by atoms with van der Waals surface area (Å²) in [5, 5.41) is 20.6. The van der Waals surface area contributed by atoms with Gasteiger partial charge in [0.1, 0.15) is 6.10 Å². The van der Waals surface area contributed by atoms with Gasteiger partial charge in [-0.2, -0.15) is 0 Å². The lowest BCUT2D eigenvalue weighted by Gasteiger charge is -2.28. The number of rotatable bonds is 4. The van der Waals surface area contributed by atoms with Crippen LogP contribution >= 0.6 is 11.8 Å². The Kier molecular flexibility index (Phi) is 4.97. The van der Waals surface area contributed by atoms with E-state index in [2.05, 4.69) is 0 Å². The monoisotopic (exact) mass is 386 g/mol. The third kappa shape index (κ3) is 3.16. The topological polar surface area (TPSA) is 83.8 Å². The first-order valence-electron chi connectivity index (χ1n) is 9.13. The molecule has 142 valence electrons. The largest absolute Gasteiger partial charge is 0.461 e. The van der Waals surface area contributed by atoms with Crippen LogP contribution in [0, 0.1) is 17.8 Å². The number of allylic oxidation sites excluding steroid dienone is 1. The number of aliphatic hydroxyl groups excluding tert-OH is 2. The Labute approximate surface area is 162 Å². The van der Waals surface area contributed by atoms with E-state index in [0.29, 0.717) is 23.3 Å². The van der Waals surface area contributed by atoms with E-state index in [-0.39, 0.29) is 18.4 Å². The maximum absolute atomic E-state index is 12.6. The molecule has 2 aliphatic carbocycles. The third-order valence-corrected chi connectivity index (χ3v) is 6.93. The van der Waals surface area contributed by atoms with Gasteiger partial charge in [0.05, 0.1) is 18.6 Å². The summed E-state index contributed by atoms with van der Waals surface area (Å²) in [6.45, 7) is 1.59. The smallest absolute Gasteiger partial charge is 0.310 e. The number of ether oxygens (including phenoxy) is 1. The zero-order chi connectivity index (χ0) is 19.1. The van der Waals surface area contributed by atoms with Gasteiger partial charge in [0, 0.05) is 28.1 Å². The molecule has 0 aromatic heterocycles. The van der Waals surface area contributed by atoms with Crippen LogP contribution in [0.3, 0.4) is 0 Å². The molecule has 0 amide bonds. The van der Waals surface area contributed by atoms with E-state index in [1.165, 1.54) is 6.08 Å². The van der Waals surface area contributed by atoms with Crippen molar-refractivity contribution in [3.63, 3.8) is 0 Å². The maximum Gasteiger partial charge on any atom is 0.310 e. The second-order valence-electron chi connectivity index (χ2n) is 7.39. The highest BCUT2D eigenvalue weighted by Gasteiger charge is 2.55. The van der Waals surface area contributed by atoms with Gasteiger partial charge in [0.15, 0.2) is 5.78 Å². The number of fused-ring (bicyclic) bond motifs is 3. The predicted octanol–water partition coefficient (Wildman–Crippen LogP) is 2.14. The van der Waals surface area contributed by atoms with Crippen molar-refractivity contribution in [3.05, 3.63) is 53.1 Å². The first kappa shape index (κ1) is 18.5. The van der Waals surface area contributed by atoms with E-state index >= 15 is 0 Å². The van der Waals surface area contributed by atoms with Crippen molar-refractivity contribution < 1.29 is 24.5 Å². The fourth-order valence-corrected chi connectivity index (χ4v) is 5.65. The number of aliphatic hydroxyl groups is 2. The Morgan fingerprint density at radius 1 is 1.22 bits per heavy atom. The zero-order valence-corrected chi connectivity index (χ0v) is 15.8. The molecule has 27 heavy (non-hydrogen) atoms. The van der Waals surface area contributed by atoms with Crippen molar-refractivity contribution >= 4 is 23.5 Å². The normalized spacial score (nSPS) is 32.7. The molecular weight excluding hydrogens is 364 g/mol. The molecule has 3 aliphatic rings. The molecular formula is C21H22O5S. The van der Waals surface area contributed by atoms with Gasteiger partial charge in [-0.05, 0) is 37.1 Å². The number of ketones is 1. The molecule has 5 nitrogen and oxygen atoms in total. The molecule has 1 fully saturated rings. The predicted molar refractivity (Wildman–Crippen MR) is 101 cm³/mol. The Bertz CT molecular complexity index is 828. The summed E-state index contributed by atoms with van der Waals surface area (Å²) in [5.41, 5.74) is 1.97. The highest BCUT2D eigenvalue weighted by atomic mass is 32.2. The van der Waals surface area contributed by atoms with Gasteiger partial charge >= 0.3 is 5.97 Å². The Balaban J connectivity index is 1.63. The first-order chi connectivity index (χ1) is 13.0. The van der Waals surface area contributed by atoms with E-state index in [9.17, 15) is 19.8 Å². The van der Waals surface area contributed by atoms with Crippen LogP contribution in [0.15, 0.2) is 58.0 Å². The molecule has 4 rings (SSSR count). The minimum atomic E-state index is -0.756. The molecule has 1 aliphatic heterocycles. The van der Waals surface area contributed by atoms with Crippen LogP contribution in [0.25, 0.3) is 0 Å². The second-order valence-corrected chi connectivity index (χ2v) is 8.49. The third-order valence-electron chi connectivity index (χ3n) is 5.79. The minimum Gasteiger partial charge on any atom is -0.461 e. The molecule has 2 N–H and O–H groups in total. The molecule has 1 aromatic carbocycles. The van der Waals surface area contributed by atoms with Crippen molar-refractivity contribution in [3.8, 4) is 0 Å². The highest BCUT2D eigenvalue weighted by molar-refractivity contribution is 7.99. The summed E-state index contributed by atoms with van der Waals surface area (Å²) in [6, 6.07) is 9.80. The highest BCUT2D eigenvalue weighted by Crippen LogP contribution is 2.48. The number of carbonyl (C=O) groups excluding carboxylic acids is 2. The molecule has 1 heterocycles. The van der Waals surface area contributed by atoms with Crippen LogP contribution in [0.2, 0.25) is 0 Å². The van der Waals surface area contributed by atoms with Crippen LogP contribution in [0.5, 0.6) is 0 Å². The number of carbonyl (C=O) groups is 2. The Morgan fingerprint density at radius 3 is 2.67 bits per heavy atom. The van der Waals surface area contributed by atoms with Crippen LogP contribution in [-0.4, -0.2) is 46.5 Å². The molecule has 5 atom stereocenters. The molecule has 1 aromatic rings. The molecule has 0 radical (unpaired) electrons. The van der Waals surface area contributed by atoms with Gasteiger partial charge < -0.3 is 14.9 Å². The lowest BCUT2D eigenvalue weighted by atomic mass is 9.79. The fourth-order valence-electron chi connectivity index (χ4n) is 4.57. The van der Waals surface area contributed by atoms with Gasteiger partial charge in [-0.3, -0.25) is 9.59 Å². The number of hydrogen-bond acceptors (Lipinski definition) is 6. The average Bonchev–Trinajstić information content (AvgIpc) is 3.13. The molecule has 1 saturated heterocycles. The van der Waals surface area contributed by atoms with E-state index in [4.69, 9.17) is 4.74 Å². The first-order valence-corrected chi connectivity index (χ1v) is 10.1. The second kappa shape index (κ2) is 7.26. The maximum atomic E-state index is 12.6. The number of esters is 1. The lowest BCUT2D eigenvalue weighted by molar-refractivity contribution is -0.144. The van der Waals surface area contributed by atoms with Crippen LogP contribution in [-0.2, 0) is 14.3 Å². The van der Waals surface area contributed by atoms with Crippen molar-refractivity contribution in [2.75, 3.05) is 12.4 Å². The van der Waals surface area contributed by atoms with Gasteiger partial charge in [-0.1, -0.05) is 23.8 Å². The summed E-state index contributed by atoms with van der Waals surface area (Å²) in [4.78, 5) is 26.1. The standard InChI is InChI=1S/C21H22O5S/c1-11-7-15(23)19-14(10-27-13-5-3-2-4-6-13)21(25)26-20(19)18-12(9-22)8-16(24)17(11)18/h2-6,8,14-15,18-20,22-23H,7,9-10H2,1H3/t14-,15-,18?,19+,20+/m0/s1. The van der Waals surface area contributed by atoms with Gasteiger partial charge in [0.25, 0.3) is 0 Å². The lowest BCUT2D eigenvalue weighted by Crippen LogP contribution is -2.37. The van der Waals surface area contributed by atoms with Crippen molar-refractivity contribution in [2.24, 2.45) is 17.8 Å². The summed E-state index contributed by atoms with van der Waals surface area (Å²) in [5.74, 6) is -1.25. The Morgan fingerprint density at radius 2 is 1.96 bits per heavy atom. The van der Waals surface area contributed by atoms with Crippen molar-refractivity contribution in [1.29, 1.82) is 0 Å². The molecule has 6 heteroatoms. The van der Waals surface area contributed by atoms with Crippen LogP contribution in [0.4, 0.5) is 0 Å². The number of hydrogen-bond donors (Lipinski definition) is 2. The average molecular weight is 386 g/mol. The minimum absolute atomic E-state index is 0.146. The quantitative estimate of drug-likeness (QED) is 0.609. The van der Waals surface area contributed by atoms with Gasteiger partial charge in [-0.15, -0.1) is 11.8 Å². The zero-order valence-electron chi connectivity index (χ0n) is 15.0. The van der Waals surface area contributed by atoms with E-state index in [0.717, 1.165) is 10.5 Å². The SMILES string of the molecule is CC1=C2C(=O)C=C(CO)C2[C@H]2OC(=O)[C@@H](CSc3ccccc3)[C@@H]2[C@@H](O)C1. The van der Waals surface area contributed by atoms with Crippen molar-refractivity contribution in [2.45, 2.75) is 30.4 Å². The van der Waals surface area contributed by atoms with Crippen molar-refractivity contribution in [1.82, 2.24) is 0 Å². The molecule has 0 bridgehead atoms. The van der Waals surface area contributed by atoms with Gasteiger partial charge in [-0.25, -0.2) is 0 Å². The van der Waals surface area contributed by atoms with E-state index < -0.39 is 30.0 Å². The molecule has 0 saturated carbocycles. The molecule has 0 spiro atoms. The summed E-state index contributed by atoms with van der Waals surface area (Å²) < 4.78 is 5.71. The number of thioether (sulfide) groups is 1. The van der Waals surface area contributed by atoms with Crippen LogP contribution in [0.1, 0.15) is 13.3 Å².